The first kappa shape index (κ1) is 13.0. The minimum absolute atomic E-state index is 0.216. The maximum Gasteiger partial charge on any atom is 0.273 e. The monoisotopic (exact) mass is 249 g/mol. The van der Waals surface area contributed by atoms with Gasteiger partial charge in [-0.05, 0) is 26.4 Å². The Balaban J connectivity index is 2.06. The van der Waals surface area contributed by atoms with Crippen LogP contribution < -0.4 is 5.32 Å². The second-order valence-electron chi connectivity index (χ2n) is 4.80. The molecule has 1 aromatic carbocycles. The number of nitro groups is 1. The predicted octanol–water partition coefficient (Wildman–Crippen LogP) is 1.78. The number of nitro benzene ring substituents is 1. The third-order valence-electron chi connectivity index (χ3n) is 3.50. The Bertz CT molecular complexity index is 416. The van der Waals surface area contributed by atoms with E-state index in [-0.39, 0.29) is 10.6 Å². The molecule has 98 valence electrons. The molecule has 1 heterocycles. The normalized spacial score (nSPS) is 20.0. The zero-order chi connectivity index (χ0) is 13.0. The maximum absolute atomic E-state index is 11.0. The summed E-state index contributed by atoms with van der Waals surface area (Å²) in [6.07, 6.45) is 2.33. The van der Waals surface area contributed by atoms with Crippen molar-refractivity contribution in [2.75, 3.05) is 20.1 Å². The third-order valence-corrected chi connectivity index (χ3v) is 3.50. The van der Waals surface area contributed by atoms with Gasteiger partial charge in [-0.2, -0.15) is 0 Å². The van der Waals surface area contributed by atoms with Crippen molar-refractivity contribution in [2.24, 2.45) is 0 Å². The number of nitrogens with zero attached hydrogens (tertiary/aromatic N) is 2. The maximum atomic E-state index is 11.0. The van der Waals surface area contributed by atoms with E-state index in [0.717, 1.165) is 25.1 Å². The fourth-order valence-electron chi connectivity index (χ4n) is 2.43. The largest absolute Gasteiger partial charge is 0.315 e. The Kier molecular flexibility index (Phi) is 4.28. The molecule has 1 unspecified atom stereocenters. The van der Waals surface area contributed by atoms with E-state index in [0.29, 0.717) is 12.6 Å². The first-order chi connectivity index (χ1) is 8.68. The fourth-order valence-corrected chi connectivity index (χ4v) is 2.43. The van der Waals surface area contributed by atoms with Crippen molar-refractivity contribution >= 4 is 5.69 Å². The van der Waals surface area contributed by atoms with Crippen molar-refractivity contribution in [3.05, 3.63) is 39.9 Å². The van der Waals surface area contributed by atoms with Crippen molar-refractivity contribution in [3.8, 4) is 0 Å². The highest BCUT2D eigenvalue weighted by Crippen LogP contribution is 2.20. The van der Waals surface area contributed by atoms with Crippen molar-refractivity contribution in [2.45, 2.75) is 25.4 Å². The van der Waals surface area contributed by atoms with E-state index in [1.54, 1.807) is 12.1 Å². The van der Waals surface area contributed by atoms with Crippen molar-refractivity contribution in [1.29, 1.82) is 0 Å². The molecule has 5 nitrogen and oxygen atoms in total. The molecule has 0 amide bonds. The molecule has 5 heteroatoms. The van der Waals surface area contributed by atoms with Crippen LogP contribution in [0.4, 0.5) is 5.69 Å². The van der Waals surface area contributed by atoms with Gasteiger partial charge in [0.25, 0.3) is 5.69 Å². The van der Waals surface area contributed by atoms with Gasteiger partial charge in [0.2, 0.25) is 0 Å². The van der Waals surface area contributed by atoms with Gasteiger partial charge >= 0.3 is 0 Å². The van der Waals surface area contributed by atoms with Gasteiger partial charge in [0.15, 0.2) is 0 Å². The molecule has 2 rings (SSSR count). The molecule has 0 spiro atoms. The van der Waals surface area contributed by atoms with Crippen LogP contribution in [0.25, 0.3) is 0 Å². The number of hydrogen-bond acceptors (Lipinski definition) is 4. The average Bonchev–Trinajstić information content (AvgIpc) is 2.40. The van der Waals surface area contributed by atoms with Crippen LogP contribution in [0.1, 0.15) is 18.4 Å². The van der Waals surface area contributed by atoms with Crippen LogP contribution in [0.2, 0.25) is 0 Å². The lowest BCUT2D eigenvalue weighted by Gasteiger charge is -2.31. The van der Waals surface area contributed by atoms with Gasteiger partial charge in [-0.25, -0.2) is 0 Å². The van der Waals surface area contributed by atoms with Gasteiger partial charge in [0.1, 0.15) is 0 Å². The van der Waals surface area contributed by atoms with Gasteiger partial charge in [-0.1, -0.05) is 18.2 Å². The van der Waals surface area contributed by atoms with Crippen molar-refractivity contribution < 1.29 is 4.92 Å². The highest BCUT2D eigenvalue weighted by Gasteiger charge is 2.20. The molecule has 0 aliphatic carbocycles. The first-order valence-electron chi connectivity index (χ1n) is 6.31. The summed E-state index contributed by atoms with van der Waals surface area (Å²) >= 11 is 0. The highest BCUT2D eigenvalue weighted by atomic mass is 16.6. The Hall–Kier alpha value is -1.46. The second kappa shape index (κ2) is 5.93. The molecule has 1 aromatic rings. The molecular weight excluding hydrogens is 230 g/mol. The molecule has 0 saturated carbocycles. The summed E-state index contributed by atoms with van der Waals surface area (Å²) in [5.74, 6) is 0. The standard InChI is InChI=1S/C13H19N3O2/c1-15(12-6-4-8-14-9-12)10-11-5-2-3-7-13(11)16(17)18/h2-3,5,7,12,14H,4,6,8-10H2,1H3. The van der Waals surface area contributed by atoms with E-state index in [2.05, 4.69) is 10.2 Å². The third kappa shape index (κ3) is 3.05. The lowest BCUT2D eigenvalue weighted by molar-refractivity contribution is -0.385. The van der Waals surface area contributed by atoms with Crippen molar-refractivity contribution in [1.82, 2.24) is 10.2 Å². The number of likely N-dealkylation sites (N-methyl/N-ethyl adjacent to an activating group) is 1. The topological polar surface area (TPSA) is 58.4 Å². The van der Waals surface area contributed by atoms with Crippen LogP contribution in [0.5, 0.6) is 0 Å². The molecule has 1 N–H and O–H groups in total. The van der Waals surface area contributed by atoms with Gasteiger partial charge in [-0.3, -0.25) is 15.0 Å². The molecular formula is C13H19N3O2. The average molecular weight is 249 g/mol. The Labute approximate surface area is 107 Å². The summed E-state index contributed by atoms with van der Waals surface area (Å²) in [6, 6.07) is 7.45. The zero-order valence-corrected chi connectivity index (χ0v) is 10.6. The van der Waals surface area contributed by atoms with E-state index >= 15 is 0 Å². The predicted molar refractivity (Wildman–Crippen MR) is 70.5 cm³/mol. The van der Waals surface area contributed by atoms with Crippen LogP contribution in [0, 0.1) is 10.1 Å². The molecule has 1 atom stereocenters. The lowest BCUT2D eigenvalue weighted by atomic mass is 10.1. The molecule has 1 aliphatic heterocycles. The first-order valence-corrected chi connectivity index (χ1v) is 6.31. The number of para-hydroxylation sites is 1. The number of piperidine rings is 1. The smallest absolute Gasteiger partial charge is 0.273 e. The van der Waals surface area contributed by atoms with E-state index in [1.807, 2.05) is 19.2 Å². The van der Waals surface area contributed by atoms with Gasteiger partial charge in [-0.15, -0.1) is 0 Å². The minimum Gasteiger partial charge on any atom is -0.315 e. The Morgan fingerprint density at radius 3 is 2.94 bits per heavy atom. The summed E-state index contributed by atoms with van der Waals surface area (Å²) < 4.78 is 0. The summed E-state index contributed by atoms with van der Waals surface area (Å²) in [6.45, 7) is 2.68. The lowest BCUT2D eigenvalue weighted by Crippen LogP contribution is -2.43. The van der Waals surface area contributed by atoms with Crippen LogP contribution >= 0.6 is 0 Å². The van der Waals surface area contributed by atoms with Gasteiger partial charge in [0.05, 0.1) is 4.92 Å². The molecule has 0 aromatic heterocycles. The van der Waals surface area contributed by atoms with E-state index in [4.69, 9.17) is 0 Å². The van der Waals surface area contributed by atoms with Crippen LogP contribution in [-0.4, -0.2) is 36.0 Å². The SMILES string of the molecule is CN(Cc1ccccc1[N+](=O)[O-])C1CCCNC1. The zero-order valence-electron chi connectivity index (χ0n) is 10.6. The Morgan fingerprint density at radius 2 is 2.28 bits per heavy atom. The van der Waals surface area contributed by atoms with E-state index < -0.39 is 0 Å². The highest BCUT2D eigenvalue weighted by molar-refractivity contribution is 5.39. The Morgan fingerprint density at radius 1 is 1.50 bits per heavy atom. The minimum atomic E-state index is -0.303. The number of nitrogens with one attached hydrogen (secondary N) is 1. The molecule has 1 saturated heterocycles. The summed E-state index contributed by atoms with van der Waals surface area (Å²) in [5.41, 5.74) is 1.00. The second-order valence-corrected chi connectivity index (χ2v) is 4.80. The summed E-state index contributed by atoms with van der Waals surface area (Å²) in [7, 11) is 2.04. The van der Waals surface area contributed by atoms with E-state index in [9.17, 15) is 10.1 Å². The quantitative estimate of drug-likeness (QED) is 0.652. The van der Waals surface area contributed by atoms with Crippen LogP contribution in [0.15, 0.2) is 24.3 Å². The summed E-state index contributed by atoms with van der Waals surface area (Å²) in [5, 5.41) is 14.3. The van der Waals surface area contributed by atoms with E-state index in [1.165, 1.54) is 6.42 Å². The van der Waals surface area contributed by atoms with Crippen molar-refractivity contribution in [3.63, 3.8) is 0 Å². The fraction of sp³-hybridized carbons (Fsp3) is 0.538. The van der Waals surface area contributed by atoms with Crippen LogP contribution in [-0.2, 0) is 6.54 Å². The molecule has 0 bridgehead atoms. The molecule has 1 fully saturated rings. The molecule has 1 aliphatic rings. The summed E-state index contributed by atoms with van der Waals surface area (Å²) in [4.78, 5) is 12.9. The number of rotatable bonds is 4. The van der Waals surface area contributed by atoms with Crippen LogP contribution in [0.3, 0.4) is 0 Å². The van der Waals surface area contributed by atoms with Gasteiger partial charge in [0, 0.05) is 30.8 Å². The van der Waals surface area contributed by atoms with Gasteiger partial charge < -0.3 is 5.32 Å². The molecule has 18 heavy (non-hydrogen) atoms. The number of hydrogen-bond donors (Lipinski definition) is 1. The molecule has 0 radical (unpaired) electrons. The number of benzene rings is 1.